The molecule has 0 unspecified atom stereocenters. The van der Waals surface area contributed by atoms with E-state index in [0.29, 0.717) is 11.8 Å². The van der Waals surface area contributed by atoms with Gasteiger partial charge in [-0.25, -0.2) is 0 Å². The van der Waals surface area contributed by atoms with Crippen molar-refractivity contribution in [2.45, 2.75) is 78.6 Å². The Kier molecular flexibility index (Phi) is 7.90. The maximum absolute atomic E-state index is 4.36. The van der Waals surface area contributed by atoms with Gasteiger partial charge in [0.2, 0.25) is 0 Å². The number of nitrogens with one attached hydrogen (secondary N) is 4. The lowest BCUT2D eigenvalue weighted by molar-refractivity contribution is 0.325. The highest BCUT2D eigenvalue weighted by molar-refractivity contribution is 7.69. The van der Waals surface area contributed by atoms with E-state index in [1.165, 1.54) is 44.5 Å². The monoisotopic (exact) mass is 591 g/mol. The van der Waals surface area contributed by atoms with Gasteiger partial charge in [-0.2, -0.15) is 0 Å². The van der Waals surface area contributed by atoms with Crippen LogP contribution in [0, 0.1) is 39.5 Å². The van der Waals surface area contributed by atoms with E-state index in [1.807, 2.05) is 0 Å². The summed E-state index contributed by atoms with van der Waals surface area (Å²) < 4.78 is 0. The van der Waals surface area contributed by atoms with Crippen molar-refractivity contribution in [2.24, 2.45) is 11.8 Å². The Bertz CT molecular complexity index is 1340. The first-order valence-corrected chi connectivity index (χ1v) is 17.6. The molecule has 0 saturated carbocycles. The van der Waals surface area contributed by atoms with Crippen LogP contribution >= 0.6 is 7.87 Å². The van der Waals surface area contributed by atoms with Gasteiger partial charge in [-0.05, 0) is 61.8 Å². The summed E-state index contributed by atoms with van der Waals surface area (Å²) in [6.45, 7) is 18.1. The van der Waals surface area contributed by atoms with Gasteiger partial charge in [0.1, 0.15) is 11.1 Å². The number of hydrogen-bond acceptors (Lipinski definition) is 4. The molecule has 0 aromatic heterocycles. The minimum absolute atomic E-state index is 0.144. The van der Waals surface area contributed by atoms with Crippen LogP contribution in [0.25, 0.3) is 0 Å². The van der Waals surface area contributed by atoms with E-state index in [1.54, 1.807) is 0 Å². The molecule has 4 nitrogen and oxygen atoms in total. The summed E-state index contributed by atoms with van der Waals surface area (Å²) in [6.07, 6.45) is 0. The fraction of sp³-hybridized carbons (Fsp3) is 0.368. The summed E-state index contributed by atoms with van der Waals surface area (Å²) in [6, 6.07) is 36.9. The lowest BCUT2D eigenvalue weighted by Gasteiger charge is -2.36. The second-order valence-electron chi connectivity index (χ2n) is 13.7. The summed E-state index contributed by atoms with van der Waals surface area (Å²) in [5.41, 5.74) is 9.39. The molecular weight excluding hydrogens is 543 g/mol. The van der Waals surface area contributed by atoms with Crippen LogP contribution in [0.1, 0.15) is 72.2 Å². The van der Waals surface area contributed by atoms with Gasteiger partial charge in [0.05, 0.1) is 12.1 Å². The lowest BCUT2D eigenvalue weighted by Crippen LogP contribution is -2.50. The van der Waals surface area contributed by atoms with E-state index < -0.39 is 18.9 Å². The number of hydrogen-bond donors (Lipinski definition) is 4. The Labute approximate surface area is 259 Å². The standard InChI is InChI=1S/C38H48N4P/c1-25(2)35-37(31-17-9-27(5)10-18-31,32-19-11-28(6)12-20-32)41-43(39-35)40-36(26(3)4)38(42-43,33-21-13-29(7)14-22-33)34-23-15-30(8)16-24-34/h9-26,35-36,39-42H,1-8H3/q+1/t35-,36-,43?/m0/s1. The topological polar surface area (TPSA) is 48.1 Å². The van der Waals surface area contributed by atoms with Crippen molar-refractivity contribution in [3.05, 3.63) is 142 Å². The van der Waals surface area contributed by atoms with Gasteiger partial charge in [-0.3, -0.25) is 0 Å². The molecule has 2 aliphatic rings. The molecule has 2 saturated heterocycles. The lowest BCUT2D eigenvalue weighted by atomic mass is 9.74. The van der Waals surface area contributed by atoms with Crippen molar-refractivity contribution in [3.63, 3.8) is 0 Å². The predicted octanol–water partition coefficient (Wildman–Crippen LogP) is 8.22. The largest absolute Gasteiger partial charge is 0.301 e. The molecule has 1 spiro atoms. The number of aryl methyl sites for hydroxylation is 4. The SMILES string of the molecule is Cc1ccc(C2(c3ccc(C)cc3)N[P+]3(N[C@H]2C(C)C)N[C@@H](C(C)C)C(c2ccc(C)cc2)(c2ccc(C)cc2)N3)cc1. The van der Waals surface area contributed by atoms with Crippen LogP contribution in [0.5, 0.6) is 0 Å². The summed E-state index contributed by atoms with van der Waals surface area (Å²) in [5.74, 6) is 0.730. The molecule has 4 aromatic carbocycles. The van der Waals surface area contributed by atoms with E-state index in [9.17, 15) is 0 Å². The molecule has 0 radical (unpaired) electrons. The molecule has 0 amide bonds. The van der Waals surface area contributed by atoms with E-state index in [-0.39, 0.29) is 12.1 Å². The Morgan fingerprint density at radius 2 is 0.674 bits per heavy atom. The molecular formula is C38H48N4P+. The van der Waals surface area contributed by atoms with Crippen molar-refractivity contribution in [1.29, 1.82) is 0 Å². The first-order valence-electron chi connectivity index (χ1n) is 15.8. The van der Waals surface area contributed by atoms with Gasteiger partial charge < -0.3 is 0 Å². The zero-order valence-electron chi connectivity index (χ0n) is 27.0. The normalized spacial score (nSPS) is 22.1. The Morgan fingerprint density at radius 3 is 0.884 bits per heavy atom. The molecule has 0 bridgehead atoms. The van der Waals surface area contributed by atoms with Gasteiger partial charge in [0, 0.05) is 0 Å². The average molecular weight is 592 g/mol. The molecule has 2 atom stereocenters. The van der Waals surface area contributed by atoms with Crippen LogP contribution < -0.4 is 20.3 Å². The molecule has 4 aromatic rings. The molecule has 6 rings (SSSR count). The highest BCUT2D eigenvalue weighted by Crippen LogP contribution is 2.65. The number of benzene rings is 4. The Morgan fingerprint density at radius 1 is 0.442 bits per heavy atom. The van der Waals surface area contributed by atoms with Gasteiger partial charge in [-0.15, -0.1) is 20.3 Å². The van der Waals surface area contributed by atoms with Crippen LogP contribution in [0.3, 0.4) is 0 Å². The fourth-order valence-electron chi connectivity index (χ4n) is 7.35. The molecule has 2 heterocycles. The highest BCUT2D eigenvalue weighted by Gasteiger charge is 2.71. The Hall–Kier alpha value is -2.85. The zero-order valence-corrected chi connectivity index (χ0v) is 27.9. The first kappa shape index (κ1) is 30.2. The third kappa shape index (κ3) is 5.08. The molecule has 43 heavy (non-hydrogen) atoms. The summed E-state index contributed by atoms with van der Waals surface area (Å²) in [5, 5.41) is 17.3. The molecule has 2 aliphatic heterocycles. The maximum atomic E-state index is 4.36. The minimum Gasteiger partial charge on any atom is -0.140 e. The van der Waals surface area contributed by atoms with Gasteiger partial charge in [0.15, 0.2) is 0 Å². The van der Waals surface area contributed by atoms with Crippen LogP contribution in [0.15, 0.2) is 97.1 Å². The van der Waals surface area contributed by atoms with Gasteiger partial charge in [0.25, 0.3) is 0 Å². The number of rotatable bonds is 6. The average Bonchev–Trinajstić information content (AvgIpc) is 3.51. The second kappa shape index (κ2) is 11.3. The van der Waals surface area contributed by atoms with Gasteiger partial charge >= 0.3 is 7.87 Å². The second-order valence-corrected chi connectivity index (χ2v) is 16.0. The van der Waals surface area contributed by atoms with E-state index in [4.69, 9.17) is 0 Å². The molecule has 0 aliphatic carbocycles. The van der Waals surface area contributed by atoms with Crippen molar-refractivity contribution >= 4 is 7.87 Å². The minimum atomic E-state index is -2.37. The molecule has 4 N–H and O–H groups in total. The first-order chi connectivity index (χ1) is 20.5. The van der Waals surface area contributed by atoms with E-state index in [2.05, 4.69) is 173 Å². The van der Waals surface area contributed by atoms with E-state index >= 15 is 0 Å². The molecule has 224 valence electrons. The van der Waals surface area contributed by atoms with E-state index in [0.717, 1.165) is 0 Å². The Balaban J connectivity index is 1.58. The fourth-order valence-corrected chi connectivity index (χ4v) is 11.4. The summed E-state index contributed by atoms with van der Waals surface area (Å²) in [4.78, 5) is 0. The van der Waals surface area contributed by atoms with Crippen molar-refractivity contribution < 1.29 is 0 Å². The highest BCUT2D eigenvalue weighted by atomic mass is 31.2. The third-order valence-electron chi connectivity index (χ3n) is 9.65. The predicted molar refractivity (Wildman–Crippen MR) is 183 cm³/mol. The van der Waals surface area contributed by atoms with Gasteiger partial charge in [-0.1, -0.05) is 147 Å². The third-order valence-corrected chi connectivity index (χ3v) is 12.4. The van der Waals surface area contributed by atoms with Crippen molar-refractivity contribution in [2.75, 3.05) is 0 Å². The smallest absolute Gasteiger partial charge is 0.140 e. The van der Waals surface area contributed by atoms with Crippen LogP contribution in [-0.2, 0) is 11.1 Å². The summed E-state index contributed by atoms with van der Waals surface area (Å²) in [7, 11) is -2.37. The van der Waals surface area contributed by atoms with Crippen LogP contribution in [-0.4, -0.2) is 12.1 Å². The molecule has 5 heteroatoms. The zero-order chi connectivity index (χ0) is 30.6. The molecule has 2 fully saturated rings. The van der Waals surface area contributed by atoms with Crippen molar-refractivity contribution in [3.8, 4) is 0 Å². The quantitative estimate of drug-likeness (QED) is 0.171. The van der Waals surface area contributed by atoms with Crippen LogP contribution in [0.2, 0.25) is 0 Å². The van der Waals surface area contributed by atoms with Crippen LogP contribution in [0.4, 0.5) is 0 Å². The van der Waals surface area contributed by atoms with Crippen molar-refractivity contribution in [1.82, 2.24) is 20.3 Å². The maximum Gasteiger partial charge on any atom is 0.301 e. The summed E-state index contributed by atoms with van der Waals surface area (Å²) >= 11 is 0.